The summed E-state index contributed by atoms with van der Waals surface area (Å²) in [6.07, 6.45) is 0.649. The largest absolute Gasteiger partial charge is 0.399 e. The molecule has 3 nitrogen and oxygen atoms in total. The summed E-state index contributed by atoms with van der Waals surface area (Å²) < 4.78 is 1.98. The van der Waals surface area contributed by atoms with Crippen molar-refractivity contribution < 1.29 is 4.79 Å². The van der Waals surface area contributed by atoms with Crippen LogP contribution in [0.2, 0.25) is 5.02 Å². The Morgan fingerprint density at radius 2 is 1.77 bits per heavy atom. The van der Waals surface area contributed by atoms with E-state index in [1.54, 1.807) is 6.07 Å². The number of hydrogen-bond donors (Lipinski definition) is 1. The Kier molecular flexibility index (Phi) is 4.92. The molecule has 0 unspecified atom stereocenters. The maximum Gasteiger partial charge on any atom is 0.209 e. The first kappa shape index (κ1) is 18.3. The Hall–Kier alpha value is -2.52. The van der Waals surface area contributed by atoms with Crippen LogP contribution in [0.15, 0.2) is 42.5 Å². The van der Waals surface area contributed by atoms with Crippen LogP contribution >= 0.6 is 11.6 Å². The number of nitrogens with zero attached hydrogens (tertiary/aromatic N) is 1. The van der Waals surface area contributed by atoms with Crippen molar-refractivity contribution in [2.24, 2.45) is 7.05 Å². The lowest BCUT2D eigenvalue weighted by Crippen LogP contribution is -2.12. The maximum absolute atomic E-state index is 13.1. The summed E-state index contributed by atoms with van der Waals surface area (Å²) in [5, 5.41) is 0.645. The van der Waals surface area contributed by atoms with Crippen molar-refractivity contribution in [2.75, 3.05) is 5.73 Å². The highest BCUT2D eigenvalue weighted by Crippen LogP contribution is 2.26. The molecule has 3 rings (SSSR count). The number of carbonyl (C=O) groups excluding carboxylic acids is 1. The van der Waals surface area contributed by atoms with Gasteiger partial charge in [0.15, 0.2) is 0 Å². The van der Waals surface area contributed by atoms with Gasteiger partial charge in [-0.25, -0.2) is 0 Å². The third-order valence-corrected chi connectivity index (χ3v) is 5.17. The number of rotatable bonds is 4. The molecule has 0 amide bonds. The first-order valence-electron chi connectivity index (χ1n) is 8.59. The fourth-order valence-electron chi connectivity index (χ4n) is 3.42. The fourth-order valence-corrected chi connectivity index (χ4v) is 3.68. The Balaban J connectivity index is 1.99. The van der Waals surface area contributed by atoms with E-state index >= 15 is 0 Å². The van der Waals surface area contributed by atoms with Crippen molar-refractivity contribution in [3.05, 3.63) is 86.7 Å². The van der Waals surface area contributed by atoms with Gasteiger partial charge in [-0.2, -0.15) is 0 Å². The van der Waals surface area contributed by atoms with Gasteiger partial charge in [0.05, 0.1) is 5.69 Å². The highest BCUT2D eigenvalue weighted by Gasteiger charge is 2.20. The third kappa shape index (κ3) is 3.40. The molecule has 0 aliphatic rings. The van der Waals surface area contributed by atoms with Gasteiger partial charge in [0.25, 0.3) is 0 Å². The molecule has 0 spiro atoms. The van der Waals surface area contributed by atoms with Gasteiger partial charge >= 0.3 is 0 Å². The van der Waals surface area contributed by atoms with Gasteiger partial charge in [-0.3, -0.25) is 4.79 Å². The van der Waals surface area contributed by atoms with E-state index in [0.29, 0.717) is 17.1 Å². The number of hydrogen-bond acceptors (Lipinski definition) is 2. The van der Waals surface area contributed by atoms with Crippen LogP contribution in [-0.2, 0) is 13.5 Å². The molecule has 1 heterocycles. The second-order valence-corrected chi connectivity index (χ2v) is 7.31. The van der Waals surface area contributed by atoms with Crippen LogP contribution in [0.3, 0.4) is 0 Å². The molecule has 0 fully saturated rings. The van der Waals surface area contributed by atoms with Crippen LogP contribution in [0.1, 0.15) is 44.0 Å². The molecular formula is C22H23ClN2O. The molecule has 134 valence electrons. The molecule has 2 N–H and O–H groups in total. The molecule has 26 heavy (non-hydrogen) atoms. The lowest BCUT2D eigenvalue weighted by molar-refractivity contribution is 0.103. The monoisotopic (exact) mass is 366 g/mol. The Morgan fingerprint density at radius 1 is 1.04 bits per heavy atom. The van der Waals surface area contributed by atoms with E-state index in [9.17, 15) is 4.79 Å². The van der Waals surface area contributed by atoms with Gasteiger partial charge < -0.3 is 10.3 Å². The predicted octanol–water partition coefficient (Wildman–Crippen LogP) is 5.01. The summed E-state index contributed by atoms with van der Waals surface area (Å²) in [4.78, 5) is 13.1. The minimum atomic E-state index is 0.0529. The van der Waals surface area contributed by atoms with Gasteiger partial charge in [0, 0.05) is 35.4 Å². The van der Waals surface area contributed by atoms with Crippen molar-refractivity contribution in [3.8, 4) is 0 Å². The molecule has 0 aliphatic heterocycles. The summed E-state index contributed by atoms with van der Waals surface area (Å²) in [5.74, 6) is 0.0529. The Bertz CT molecular complexity index is 1000. The topological polar surface area (TPSA) is 48.0 Å². The molecule has 0 atom stereocenters. The van der Waals surface area contributed by atoms with Gasteiger partial charge in [-0.1, -0.05) is 41.4 Å². The third-order valence-electron chi connectivity index (χ3n) is 4.81. The molecule has 0 bridgehead atoms. The number of nitrogen functional groups attached to an aromatic ring is 1. The van der Waals surface area contributed by atoms with Crippen molar-refractivity contribution in [3.63, 3.8) is 0 Å². The van der Waals surface area contributed by atoms with E-state index < -0.39 is 0 Å². The average Bonchev–Trinajstić information content (AvgIpc) is 2.83. The number of anilines is 1. The molecule has 0 aliphatic carbocycles. The lowest BCUT2D eigenvalue weighted by atomic mass is 9.99. The molecular weight excluding hydrogens is 344 g/mol. The summed E-state index contributed by atoms with van der Waals surface area (Å²) in [6, 6.07) is 13.5. The van der Waals surface area contributed by atoms with Gasteiger partial charge in [0.1, 0.15) is 0 Å². The zero-order valence-corrected chi connectivity index (χ0v) is 16.3. The molecule has 4 heteroatoms. The van der Waals surface area contributed by atoms with E-state index in [2.05, 4.69) is 6.07 Å². The maximum atomic E-state index is 13.1. The number of carbonyl (C=O) groups is 1. The second-order valence-electron chi connectivity index (χ2n) is 6.90. The molecule has 2 aromatic carbocycles. The van der Waals surface area contributed by atoms with E-state index in [-0.39, 0.29) is 5.78 Å². The van der Waals surface area contributed by atoms with Crippen molar-refractivity contribution >= 4 is 23.1 Å². The van der Waals surface area contributed by atoms with Crippen molar-refractivity contribution in [2.45, 2.75) is 27.2 Å². The van der Waals surface area contributed by atoms with Crippen LogP contribution in [-0.4, -0.2) is 10.4 Å². The van der Waals surface area contributed by atoms with Crippen LogP contribution in [0, 0.1) is 20.8 Å². The standard InChI is InChI=1S/C22H23ClN2O/c1-13-5-8-19(14(2)9-13)22(26)21-15(3)10-18(25(21)4)11-16-6-7-17(24)12-20(16)23/h5-10,12H,11,24H2,1-4H3. The molecule has 0 radical (unpaired) electrons. The number of aryl methyl sites for hydroxylation is 3. The van der Waals surface area contributed by atoms with Gasteiger partial charge in [-0.05, 0) is 55.7 Å². The zero-order valence-electron chi connectivity index (χ0n) is 15.6. The van der Waals surface area contributed by atoms with E-state index in [1.807, 2.05) is 62.7 Å². The smallest absolute Gasteiger partial charge is 0.209 e. The van der Waals surface area contributed by atoms with Crippen molar-refractivity contribution in [1.82, 2.24) is 4.57 Å². The number of benzene rings is 2. The van der Waals surface area contributed by atoms with E-state index in [0.717, 1.165) is 39.2 Å². The first-order valence-corrected chi connectivity index (χ1v) is 8.96. The minimum absolute atomic E-state index is 0.0529. The minimum Gasteiger partial charge on any atom is -0.399 e. The average molecular weight is 367 g/mol. The van der Waals surface area contributed by atoms with E-state index in [4.69, 9.17) is 17.3 Å². The first-order chi connectivity index (χ1) is 12.3. The predicted molar refractivity (Wildman–Crippen MR) is 108 cm³/mol. The summed E-state index contributed by atoms with van der Waals surface area (Å²) in [7, 11) is 1.93. The molecule has 0 saturated carbocycles. The quantitative estimate of drug-likeness (QED) is 0.521. The Labute approximate surface area is 159 Å². The zero-order chi connectivity index (χ0) is 19.0. The SMILES string of the molecule is Cc1ccc(C(=O)c2c(C)cc(Cc3ccc(N)cc3Cl)n2C)c(C)c1. The lowest BCUT2D eigenvalue weighted by Gasteiger charge is -2.11. The molecule has 0 saturated heterocycles. The summed E-state index contributed by atoms with van der Waals surface area (Å²) in [5.41, 5.74) is 13.0. The van der Waals surface area contributed by atoms with Crippen LogP contribution < -0.4 is 5.73 Å². The summed E-state index contributed by atoms with van der Waals surface area (Å²) >= 11 is 6.32. The van der Waals surface area contributed by atoms with Gasteiger partial charge in [-0.15, -0.1) is 0 Å². The number of aromatic nitrogens is 1. The Morgan fingerprint density at radius 3 is 2.42 bits per heavy atom. The number of ketones is 1. The van der Waals surface area contributed by atoms with E-state index in [1.165, 1.54) is 0 Å². The molecule has 3 aromatic rings. The van der Waals surface area contributed by atoms with Crippen LogP contribution in [0.5, 0.6) is 0 Å². The number of halogens is 1. The fraction of sp³-hybridized carbons (Fsp3) is 0.227. The second kappa shape index (κ2) is 7.00. The number of nitrogens with two attached hydrogens (primary N) is 1. The normalized spacial score (nSPS) is 11.0. The van der Waals surface area contributed by atoms with Gasteiger partial charge in [0.2, 0.25) is 5.78 Å². The van der Waals surface area contributed by atoms with Crippen LogP contribution in [0.25, 0.3) is 0 Å². The van der Waals surface area contributed by atoms with Crippen molar-refractivity contribution in [1.29, 1.82) is 0 Å². The highest BCUT2D eigenvalue weighted by molar-refractivity contribution is 6.31. The molecule has 1 aromatic heterocycles. The van der Waals surface area contributed by atoms with Crippen LogP contribution in [0.4, 0.5) is 5.69 Å². The highest BCUT2D eigenvalue weighted by atomic mass is 35.5. The summed E-state index contributed by atoms with van der Waals surface area (Å²) in [6.45, 7) is 5.99.